The molecule has 0 saturated heterocycles. The van der Waals surface area contributed by atoms with Gasteiger partial charge in [0, 0.05) is 18.7 Å². The molecule has 0 aromatic heterocycles. The van der Waals surface area contributed by atoms with Crippen LogP contribution in [0.25, 0.3) is 0 Å². The molecule has 4 heteroatoms. The van der Waals surface area contributed by atoms with E-state index in [0.29, 0.717) is 18.0 Å². The van der Waals surface area contributed by atoms with E-state index in [9.17, 15) is 9.90 Å². The topological polar surface area (TPSA) is 75.4 Å². The first-order valence-electron chi connectivity index (χ1n) is 6.45. The van der Waals surface area contributed by atoms with Crippen LogP contribution in [0.2, 0.25) is 0 Å². The molecule has 1 aromatic carbocycles. The fraction of sp³-hybridized carbons (Fsp3) is 0.500. The lowest BCUT2D eigenvalue weighted by atomic mass is 10.0. The number of rotatable bonds is 5. The van der Waals surface area contributed by atoms with Crippen molar-refractivity contribution in [2.75, 3.05) is 6.54 Å². The maximum atomic E-state index is 11.2. The molecule has 0 aliphatic heterocycles. The number of benzene rings is 1. The molecular formula is C14H20N2O2. The summed E-state index contributed by atoms with van der Waals surface area (Å²) in [6.07, 6.45) is 2.91. The van der Waals surface area contributed by atoms with Gasteiger partial charge in [0.2, 0.25) is 5.91 Å². The van der Waals surface area contributed by atoms with Crippen LogP contribution in [0.15, 0.2) is 24.3 Å². The van der Waals surface area contributed by atoms with Crippen molar-refractivity contribution in [2.24, 2.45) is 11.7 Å². The van der Waals surface area contributed by atoms with E-state index in [1.54, 1.807) is 6.07 Å². The summed E-state index contributed by atoms with van der Waals surface area (Å²) in [6, 6.07) is 7.35. The highest BCUT2D eigenvalue weighted by atomic mass is 16.3. The van der Waals surface area contributed by atoms with E-state index in [1.165, 1.54) is 0 Å². The van der Waals surface area contributed by atoms with Crippen LogP contribution in [0.4, 0.5) is 0 Å². The lowest BCUT2D eigenvalue weighted by Gasteiger charge is -2.15. The largest absolute Gasteiger partial charge is 0.393 e. The van der Waals surface area contributed by atoms with Crippen LogP contribution in [0.1, 0.15) is 35.2 Å². The van der Waals surface area contributed by atoms with Crippen LogP contribution in [-0.2, 0) is 6.54 Å². The quantitative estimate of drug-likeness (QED) is 0.728. The Hall–Kier alpha value is -1.39. The highest BCUT2D eigenvalue weighted by Crippen LogP contribution is 2.24. The number of aliphatic hydroxyl groups excluding tert-OH is 1. The fourth-order valence-corrected chi connectivity index (χ4v) is 2.56. The second kappa shape index (κ2) is 5.98. The van der Waals surface area contributed by atoms with Gasteiger partial charge in [0.05, 0.1) is 6.10 Å². The first-order valence-corrected chi connectivity index (χ1v) is 6.45. The summed E-state index contributed by atoms with van der Waals surface area (Å²) in [6.45, 7) is 1.40. The molecule has 0 bridgehead atoms. The van der Waals surface area contributed by atoms with Crippen LogP contribution in [0, 0.1) is 5.92 Å². The zero-order valence-electron chi connectivity index (χ0n) is 10.4. The van der Waals surface area contributed by atoms with Crippen LogP contribution >= 0.6 is 0 Å². The van der Waals surface area contributed by atoms with Gasteiger partial charge < -0.3 is 16.2 Å². The Kier molecular flexibility index (Phi) is 4.33. The number of hydrogen-bond donors (Lipinski definition) is 3. The lowest BCUT2D eigenvalue weighted by Crippen LogP contribution is -2.28. The molecular weight excluding hydrogens is 228 g/mol. The van der Waals surface area contributed by atoms with Gasteiger partial charge >= 0.3 is 0 Å². The normalized spacial score (nSPS) is 23.2. The van der Waals surface area contributed by atoms with E-state index in [1.807, 2.05) is 18.2 Å². The molecule has 0 radical (unpaired) electrons. The lowest BCUT2D eigenvalue weighted by molar-refractivity contribution is 0.0999. The Labute approximate surface area is 107 Å². The molecule has 2 atom stereocenters. The molecule has 98 valence electrons. The Balaban J connectivity index is 1.88. The summed E-state index contributed by atoms with van der Waals surface area (Å²) in [7, 11) is 0. The van der Waals surface area contributed by atoms with Gasteiger partial charge in [-0.05, 0) is 30.4 Å². The van der Waals surface area contributed by atoms with Crippen molar-refractivity contribution < 1.29 is 9.90 Å². The number of primary amides is 1. The number of amides is 1. The van der Waals surface area contributed by atoms with Crippen LogP contribution in [0.3, 0.4) is 0 Å². The van der Waals surface area contributed by atoms with Crippen molar-refractivity contribution >= 4 is 5.91 Å². The molecule has 0 spiro atoms. The van der Waals surface area contributed by atoms with Gasteiger partial charge in [-0.2, -0.15) is 0 Å². The molecule has 1 aromatic rings. The second-order valence-electron chi connectivity index (χ2n) is 4.91. The average molecular weight is 248 g/mol. The van der Waals surface area contributed by atoms with Crippen molar-refractivity contribution in [3.8, 4) is 0 Å². The number of nitrogens with two attached hydrogens (primary N) is 1. The van der Waals surface area contributed by atoms with E-state index in [0.717, 1.165) is 31.4 Å². The van der Waals surface area contributed by atoms with E-state index >= 15 is 0 Å². The summed E-state index contributed by atoms with van der Waals surface area (Å²) in [5.41, 5.74) is 6.80. The van der Waals surface area contributed by atoms with E-state index in [2.05, 4.69) is 5.32 Å². The highest BCUT2D eigenvalue weighted by Gasteiger charge is 2.24. The predicted molar refractivity (Wildman–Crippen MR) is 70.0 cm³/mol. The average Bonchev–Trinajstić information content (AvgIpc) is 2.76. The Morgan fingerprint density at radius 3 is 2.83 bits per heavy atom. The number of carbonyl (C=O) groups excluding carboxylic acids is 1. The zero-order chi connectivity index (χ0) is 13.0. The maximum Gasteiger partial charge on any atom is 0.249 e. The SMILES string of the molecule is NC(=O)c1ccccc1CNCC1CCCC1O. The summed E-state index contributed by atoms with van der Waals surface area (Å²) >= 11 is 0. The zero-order valence-corrected chi connectivity index (χ0v) is 10.4. The van der Waals surface area contributed by atoms with Gasteiger partial charge in [0.15, 0.2) is 0 Å². The molecule has 1 amide bonds. The van der Waals surface area contributed by atoms with Gasteiger partial charge in [-0.3, -0.25) is 4.79 Å². The Morgan fingerprint density at radius 2 is 2.17 bits per heavy atom. The minimum Gasteiger partial charge on any atom is -0.393 e. The van der Waals surface area contributed by atoms with Crippen LogP contribution in [0.5, 0.6) is 0 Å². The predicted octanol–water partition coefficient (Wildman–Crippen LogP) is 1.04. The third-order valence-electron chi connectivity index (χ3n) is 3.62. The molecule has 18 heavy (non-hydrogen) atoms. The minimum atomic E-state index is -0.395. The summed E-state index contributed by atoms with van der Waals surface area (Å²) in [5, 5.41) is 13.0. The van der Waals surface area contributed by atoms with Crippen molar-refractivity contribution in [3.63, 3.8) is 0 Å². The molecule has 4 N–H and O–H groups in total. The molecule has 1 saturated carbocycles. The number of nitrogens with one attached hydrogen (secondary N) is 1. The highest BCUT2D eigenvalue weighted by molar-refractivity contribution is 5.94. The van der Waals surface area contributed by atoms with Crippen molar-refractivity contribution in [3.05, 3.63) is 35.4 Å². The van der Waals surface area contributed by atoms with E-state index < -0.39 is 5.91 Å². The number of aliphatic hydroxyl groups is 1. The Morgan fingerprint density at radius 1 is 1.39 bits per heavy atom. The van der Waals surface area contributed by atoms with Crippen LogP contribution in [-0.4, -0.2) is 23.7 Å². The standard InChI is InChI=1S/C14H20N2O2/c15-14(18)12-6-2-1-4-10(12)8-16-9-11-5-3-7-13(11)17/h1-2,4,6,11,13,16-17H,3,5,7-9H2,(H2,15,18). The van der Waals surface area contributed by atoms with Gasteiger partial charge in [0.1, 0.15) is 0 Å². The van der Waals surface area contributed by atoms with Crippen molar-refractivity contribution in [1.82, 2.24) is 5.32 Å². The molecule has 2 unspecified atom stereocenters. The summed E-state index contributed by atoms with van der Waals surface area (Å²) in [4.78, 5) is 11.2. The van der Waals surface area contributed by atoms with Gasteiger partial charge in [-0.25, -0.2) is 0 Å². The molecule has 4 nitrogen and oxygen atoms in total. The van der Waals surface area contributed by atoms with Gasteiger partial charge in [-0.15, -0.1) is 0 Å². The van der Waals surface area contributed by atoms with Gasteiger partial charge in [0.25, 0.3) is 0 Å². The first-order chi connectivity index (χ1) is 8.68. The second-order valence-corrected chi connectivity index (χ2v) is 4.91. The molecule has 0 heterocycles. The van der Waals surface area contributed by atoms with E-state index in [4.69, 9.17) is 5.73 Å². The maximum absolute atomic E-state index is 11.2. The minimum absolute atomic E-state index is 0.177. The molecule has 2 rings (SSSR count). The number of hydrogen-bond acceptors (Lipinski definition) is 3. The van der Waals surface area contributed by atoms with Crippen molar-refractivity contribution in [2.45, 2.75) is 31.9 Å². The third kappa shape index (κ3) is 3.09. The van der Waals surface area contributed by atoms with Crippen molar-refractivity contribution in [1.29, 1.82) is 0 Å². The Bertz CT molecular complexity index is 420. The molecule has 1 fully saturated rings. The monoisotopic (exact) mass is 248 g/mol. The first kappa shape index (κ1) is 13.1. The fourth-order valence-electron chi connectivity index (χ4n) is 2.56. The smallest absolute Gasteiger partial charge is 0.249 e. The summed E-state index contributed by atoms with van der Waals surface area (Å²) < 4.78 is 0. The third-order valence-corrected chi connectivity index (χ3v) is 3.62. The molecule has 1 aliphatic carbocycles. The number of carbonyl (C=O) groups is 1. The summed E-state index contributed by atoms with van der Waals surface area (Å²) in [5.74, 6) is -0.0564. The molecule has 1 aliphatic rings. The van der Waals surface area contributed by atoms with Gasteiger partial charge in [-0.1, -0.05) is 24.6 Å². The van der Waals surface area contributed by atoms with E-state index in [-0.39, 0.29) is 6.10 Å². The van der Waals surface area contributed by atoms with Crippen LogP contribution < -0.4 is 11.1 Å².